The standard InChI is InChI=1S/C19H17NO2/c21-19(22-13-14-7-3-1-4-8-14)20-17-12-11-16(17)18(20)15-9-5-2-6-10-15/h1-12,16-18H,13H2/t16?,17?,18-/m1/s1. The molecule has 1 fully saturated rings. The van der Waals surface area contributed by atoms with Crippen molar-refractivity contribution in [2.45, 2.75) is 18.7 Å². The zero-order valence-corrected chi connectivity index (χ0v) is 12.1. The fraction of sp³-hybridized carbons (Fsp3) is 0.211. The molecule has 1 amide bonds. The van der Waals surface area contributed by atoms with Gasteiger partial charge in [0.2, 0.25) is 0 Å². The molecule has 4 rings (SSSR count). The van der Waals surface area contributed by atoms with Crippen LogP contribution in [0.1, 0.15) is 17.2 Å². The number of benzene rings is 2. The second-order valence-electron chi connectivity index (χ2n) is 5.76. The molecule has 0 N–H and O–H groups in total. The van der Waals surface area contributed by atoms with Gasteiger partial charge in [-0.15, -0.1) is 0 Å². The first kappa shape index (κ1) is 13.1. The molecule has 0 spiro atoms. The van der Waals surface area contributed by atoms with Crippen LogP contribution in [-0.4, -0.2) is 17.0 Å². The van der Waals surface area contributed by atoms with Crippen LogP contribution in [0.4, 0.5) is 4.79 Å². The van der Waals surface area contributed by atoms with Crippen molar-refractivity contribution in [2.24, 2.45) is 5.92 Å². The van der Waals surface area contributed by atoms with E-state index >= 15 is 0 Å². The smallest absolute Gasteiger partial charge is 0.411 e. The minimum absolute atomic E-state index is 0.111. The first-order valence-electron chi connectivity index (χ1n) is 7.57. The van der Waals surface area contributed by atoms with Crippen molar-refractivity contribution in [3.8, 4) is 0 Å². The molecule has 0 bridgehead atoms. The Balaban J connectivity index is 1.47. The molecule has 22 heavy (non-hydrogen) atoms. The highest BCUT2D eigenvalue weighted by Gasteiger charge is 2.53. The summed E-state index contributed by atoms with van der Waals surface area (Å²) < 4.78 is 5.49. The number of likely N-dealkylation sites (tertiary alicyclic amines) is 1. The first-order chi connectivity index (χ1) is 10.8. The summed E-state index contributed by atoms with van der Waals surface area (Å²) in [6, 6.07) is 20.3. The molecule has 2 aromatic rings. The summed E-state index contributed by atoms with van der Waals surface area (Å²) >= 11 is 0. The van der Waals surface area contributed by atoms with E-state index in [2.05, 4.69) is 24.3 Å². The highest BCUT2D eigenvalue weighted by Crippen LogP contribution is 2.50. The highest BCUT2D eigenvalue weighted by atomic mass is 16.6. The molecule has 0 radical (unpaired) electrons. The average Bonchev–Trinajstić information content (AvgIpc) is 2.56. The fourth-order valence-electron chi connectivity index (χ4n) is 3.24. The van der Waals surface area contributed by atoms with Crippen molar-refractivity contribution in [3.63, 3.8) is 0 Å². The minimum Gasteiger partial charge on any atom is -0.445 e. The van der Waals surface area contributed by atoms with Gasteiger partial charge in [-0.1, -0.05) is 72.8 Å². The van der Waals surface area contributed by atoms with Crippen LogP contribution >= 0.6 is 0 Å². The molecule has 0 saturated carbocycles. The van der Waals surface area contributed by atoms with Gasteiger partial charge in [-0.3, -0.25) is 4.90 Å². The van der Waals surface area contributed by atoms with Gasteiger partial charge >= 0.3 is 6.09 Å². The topological polar surface area (TPSA) is 29.5 Å². The Morgan fingerprint density at radius 2 is 1.64 bits per heavy atom. The van der Waals surface area contributed by atoms with Gasteiger partial charge in [0, 0.05) is 5.92 Å². The van der Waals surface area contributed by atoms with Crippen LogP contribution in [0.5, 0.6) is 0 Å². The molecule has 3 atom stereocenters. The zero-order chi connectivity index (χ0) is 14.9. The van der Waals surface area contributed by atoms with Gasteiger partial charge in [-0.25, -0.2) is 4.79 Å². The van der Waals surface area contributed by atoms with E-state index in [0.717, 1.165) is 5.56 Å². The molecule has 2 aliphatic rings. The summed E-state index contributed by atoms with van der Waals surface area (Å²) in [5.41, 5.74) is 2.18. The fourth-order valence-corrected chi connectivity index (χ4v) is 3.24. The lowest BCUT2D eigenvalue weighted by Gasteiger charge is -2.56. The Morgan fingerprint density at radius 3 is 2.27 bits per heavy atom. The molecule has 1 heterocycles. The van der Waals surface area contributed by atoms with E-state index in [-0.39, 0.29) is 18.2 Å². The Labute approximate surface area is 129 Å². The third-order valence-corrected chi connectivity index (χ3v) is 4.47. The van der Waals surface area contributed by atoms with Crippen molar-refractivity contribution >= 4 is 6.09 Å². The molecule has 110 valence electrons. The van der Waals surface area contributed by atoms with Crippen LogP contribution in [0.3, 0.4) is 0 Å². The lowest BCUT2D eigenvalue weighted by atomic mass is 9.70. The maximum Gasteiger partial charge on any atom is 0.411 e. The Morgan fingerprint density at radius 1 is 0.955 bits per heavy atom. The zero-order valence-electron chi connectivity index (χ0n) is 12.1. The minimum atomic E-state index is -0.233. The van der Waals surface area contributed by atoms with E-state index in [4.69, 9.17) is 4.74 Å². The quantitative estimate of drug-likeness (QED) is 0.802. The second kappa shape index (κ2) is 5.34. The van der Waals surface area contributed by atoms with E-state index in [9.17, 15) is 4.79 Å². The number of carbonyl (C=O) groups is 1. The van der Waals surface area contributed by atoms with Crippen molar-refractivity contribution in [1.29, 1.82) is 0 Å². The molecule has 1 aliphatic heterocycles. The van der Waals surface area contributed by atoms with Gasteiger partial charge in [-0.05, 0) is 11.1 Å². The predicted octanol–water partition coefficient (Wildman–Crippen LogP) is 3.93. The van der Waals surface area contributed by atoms with Gasteiger partial charge in [0.25, 0.3) is 0 Å². The molecular weight excluding hydrogens is 274 g/mol. The van der Waals surface area contributed by atoms with Crippen LogP contribution in [0.15, 0.2) is 72.8 Å². The number of hydrogen-bond donors (Lipinski definition) is 0. The first-order valence-corrected chi connectivity index (χ1v) is 7.57. The molecular formula is C19H17NO2. The molecule has 1 saturated heterocycles. The van der Waals surface area contributed by atoms with Crippen molar-refractivity contribution < 1.29 is 9.53 Å². The molecule has 2 unspecified atom stereocenters. The molecule has 0 aromatic heterocycles. The number of carbonyl (C=O) groups excluding carboxylic acids is 1. The second-order valence-corrected chi connectivity index (χ2v) is 5.76. The summed E-state index contributed by atoms with van der Waals surface area (Å²) in [6.07, 6.45) is 4.03. The summed E-state index contributed by atoms with van der Waals surface area (Å²) in [6.45, 7) is 0.318. The van der Waals surface area contributed by atoms with E-state index < -0.39 is 0 Å². The average molecular weight is 291 g/mol. The van der Waals surface area contributed by atoms with Crippen LogP contribution in [0.2, 0.25) is 0 Å². The summed E-state index contributed by atoms with van der Waals surface area (Å²) in [5, 5.41) is 0. The Bertz CT molecular complexity index is 696. The van der Waals surface area contributed by atoms with E-state index in [1.54, 1.807) is 0 Å². The molecule has 3 nitrogen and oxygen atoms in total. The number of hydrogen-bond acceptors (Lipinski definition) is 2. The van der Waals surface area contributed by atoms with Crippen LogP contribution in [-0.2, 0) is 11.3 Å². The third-order valence-electron chi connectivity index (χ3n) is 4.47. The summed E-state index contributed by atoms with van der Waals surface area (Å²) in [7, 11) is 0. The normalized spacial score (nSPS) is 24.9. The van der Waals surface area contributed by atoms with Gasteiger partial charge in [0.15, 0.2) is 0 Å². The monoisotopic (exact) mass is 291 g/mol. The highest BCUT2D eigenvalue weighted by molar-refractivity contribution is 5.72. The van der Waals surface area contributed by atoms with E-state index in [1.165, 1.54) is 5.56 Å². The predicted molar refractivity (Wildman–Crippen MR) is 84.1 cm³/mol. The van der Waals surface area contributed by atoms with Gasteiger partial charge in [0.05, 0.1) is 12.1 Å². The number of nitrogens with zero attached hydrogens (tertiary/aromatic N) is 1. The van der Waals surface area contributed by atoms with E-state index in [0.29, 0.717) is 12.5 Å². The maximum atomic E-state index is 12.4. The number of fused-ring (bicyclic) bond motifs is 1. The number of amides is 1. The summed E-state index contributed by atoms with van der Waals surface area (Å²) in [5.74, 6) is 0.437. The molecule has 2 aromatic carbocycles. The maximum absolute atomic E-state index is 12.4. The molecule has 3 heteroatoms. The lowest BCUT2D eigenvalue weighted by Crippen LogP contribution is -2.62. The summed E-state index contributed by atoms with van der Waals surface area (Å²) in [4.78, 5) is 14.3. The van der Waals surface area contributed by atoms with Gasteiger partial charge < -0.3 is 4.74 Å². The van der Waals surface area contributed by atoms with Crippen LogP contribution in [0, 0.1) is 5.92 Å². The van der Waals surface area contributed by atoms with Crippen LogP contribution < -0.4 is 0 Å². The van der Waals surface area contributed by atoms with Gasteiger partial charge in [-0.2, -0.15) is 0 Å². The van der Waals surface area contributed by atoms with Gasteiger partial charge in [0.1, 0.15) is 6.61 Å². The number of ether oxygens (including phenoxy) is 1. The third kappa shape index (κ3) is 2.10. The molecule has 1 aliphatic carbocycles. The van der Waals surface area contributed by atoms with E-state index in [1.807, 2.05) is 53.4 Å². The number of rotatable bonds is 3. The van der Waals surface area contributed by atoms with Crippen molar-refractivity contribution in [2.75, 3.05) is 0 Å². The SMILES string of the molecule is O=C(OCc1ccccc1)N1C2C=CC2[C@H]1c1ccccc1. The lowest BCUT2D eigenvalue weighted by molar-refractivity contribution is -0.0256. The largest absolute Gasteiger partial charge is 0.445 e. The Hall–Kier alpha value is -2.55. The van der Waals surface area contributed by atoms with Crippen molar-refractivity contribution in [3.05, 3.63) is 83.9 Å². The Kier molecular flexibility index (Phi) is 3.19. The van der Waals surface area contributed by atoms with Crippen molar-refractivity contribution in [1.82, 2.24) is 4.90 Å². The van der Waals surface area contributed by atoms with Crippen LogP contribution in [0.25, 0.3) is 0 Å².